The van der Waals surface area contributed by atoms with Gasteiger partial charge >= 0.3 is 0 Å². The molecule has 2 rings (SSSR count). The van der Waals surface area contributed by atoms with E-state index in [0.717, 1.165) is 37.1 Å². The molecule has 1 heterocycles. The number of hydrogen-bond donors (Lipinski definition) is 2. The Morgan fingerprint density at radius 2 is 2.24 bits per heavy atom. The topological polar surface area (TPSA) is 64.3 Å². The predicted octanol–water partition coefficient (Wildman–Crippen LogP) is 2.28. The molecule has 4 heteroatoms. The van der Waals surface area contributed by atoms with Crippen LogP contribution in [0.5, 0.6) is 0 Å². The van der Waals surface area contributed by atoms with E-state index in [1.54, 1.807) is 0 Å². The van der Waals surface area contributed by atoms with Crippen molar-refractivity contribution in [2.24, 2.45) is 5.73 Å². The monoisotopic (exact) mass is 286 g/mol. The van der Waals surface area contributed by atoms with Crippen LogP contribution in [0.4, 0.5) is 5.69 Å². The normalized spacial score (nSPS) is 17.7. The van der Waals surface area contributed by atoms with E-state index in [4.69, 9.17) is 10.5 Å². The van der Waals surface area contributed by atoms with Crippen molar-refractivity contribution in [2.75, 3.05) is 18.5 Å². The zero-order chi connectivity index (χ0) is 14.9. The molecule has 1 aromatic carbocycles. The van der Waals surface area contributed by atoms with Crippen molar-refractivity contribution in [3.05, 3.63) is 29.8 Å². The van der Waals surface area contributed by atoms with Crippen LogP contribution < -0.4 is 11.1 Å². The maximum absolute atomic E-state index is 12.0. The zero-order valence-corrected chi connectivity index (χ0v) is 12.2. The van der Waals surface area contributed by atoms with Gasteiger partial charge in [-0.05, 0) is 37.8 Å². The van der Waals surface area contributed by atoms with E-state index < -0.39 is 0 Å². The fourth-order valence-electron chi connectivity index (χ4n) is 2.39. The smallest absolute Gasteiger partial charge is 0.224 e. The second-order valence-corrected chi connectivity index (χ2v) is 5.13. The minimum absolute atomic E-state index is 0.00571. The van der Waals surface area contributed by atoms with Crippen LogP contribution in [0.25, 0.3) is 0 Å². The van der Waals surface area contributed by atoms with E-state index in [1.165, 1.54) is 6.42 Å². The molecule has 0 bridgehead atoms. The van der Waals surface area contributed by atoms with Gasteiger partial charge in [-0.2, -0.15) is 0 Å². The third-order valence-electron chi connectivity index (χ3n) is 3.49. The van der Waals surface area contributed by atoms with Gasteiger partial charge in [-0.3, -0.25) is 4.79 Å². The number of hydrogen-bond acceptors (Lipinski definition) is 3. The maximum Gasteiger partial charge on any atom is 0.224 e. The van der Waals surface area contributed by atoms with Gasteiger partial charge in [0.05, 0.1) is 18.3 Å². The zero-order valence-electron chi connectivity index (χ0n) is 12.2. The highest BCUT2D eigenvalue weighted by Gasteiger charge is 2.15. The average Bonchev–Trinajstić information content (AvgIpc) is 2.53. The van der Waals surface area contributed by atoms with Crippen molar-refractivity contribution in [3.8, 4) is 11.8 Å². The number of benzene rings is 1. The molecule has 0 aromatic heterocycles. The molecule has 1 atom stereocenters. The van der Waals surface area contributed by atoms with Gasteiger partial charge in [0.1, 0.15) is 0 Å². The first kappa shape index (κ1) is 15.6. The number of carbonyl (C=O) groups excluding carboxylic acids is 1. The first-order chi connectivity index (χ1) is 10.3. The number of ether oxygens (including phenoxy) is 1. The lowest BCUT2D eigenvalue weighted by Gasteiger charge is -2.22. The summed E-state index contributed by atoms with van der Waals surface area (Å²) in [6, 6.07) is 7.51. The van der Waals surface area contributed by atoms with Crippen LogP contribution in [-0.4, -0.2) is 25.2 Å². The molecular weight excluding hydrogens is 264 g/mol. The standard InChI is InChI=1S/C17H22N2O2/c18-12-5-7-14-6-1-2-9-16(14)19-17(20)11-10-15-8-3-4-13-21-15/h1-2,6,9,15H,3-4,8,10-13,18H2,(H,19,20). The molecule has 21 heavy (non-hydrogen) atoms. The van der Waals surface area contributed by atoms with Crippen LogP contribution in [0, 0.1) is 11.8 Å². The Kier molecular flexibility index (Phi) is 6.26. The molecule has 1 amide bonds. The van der Waals surface area contributed by atoms with E-state index in [-0.39, 0.29) is 12.0 Å². The van der Waals surface area contributed by atoms with Gasteiger partial charge in [0, 0.05) is 18.6 Å². The van der Waals surface area contributed by atoms with Crippen LogP contribution in [0.15, 0.2) is 24.3 Å². The Bertz CT molecular complexity index is 525. The van der Waals surface area contributed by atoms with Crippen molar-refractivity contribution in [2.45, 2.75) is 38.2 Å². The number of para-hydroxylation sites is 1. The molecule has 4 nitrogen and oxygen atoms in total. The number of nitrogens with one attached hydrogen (secondary N) is 1. The summed E-state index contributed by atoms with van der Waals surface area (Å²) in [5.74, 6) is 5.78. The summed E-state index contributed by atoms with van der Waals surface area (Å²) < 4.78 is 5.64. The Morgan fingerprint density at radius 1 is 1.38 bits per heavy atom. The first-order valence-corrected chi connectivity index (χ1v) is 7.49. The van der Waals surface area contributed by atoms with Gasteiger partial charge in [-0.1, -0.05) is 24.0 Å². The largest absolute Gasteiger partial charge is 0.378 e. The third kappa shape index (κ3) is 5.22. The van der Waals surface area contributed by atoms with Gasteiger partial charge in [-0.25, -0.2) is 0 Å². The van der Waals surface area contributed by atoms with E-state index in [1.807, 2.05) is 24.3 Å². The highest BCUT2D eigenvalue weighted by atomic mass is 16.5. The number of rotatable bonds is 4. The lowest BCUT2D eigenvalue weighted by molar-refractivity contribution is -0.117. The Labute approximate surface area is 126 Å². The Balaban J connectivity index is 1.87. The number of carbonyl (C=O) groups is 1. The van der Waals surface area contributed by atoms with Crippen LogP contribution in [0.1, 0.15) is 37.7 Å². The SMILES string of the molecule is NCC#Cc1ccccc1NC(=O)CCC1CCCCO1. The Hall–Kier alpha value is -1.83. The summed E-state index contributed by atoms with van der Waals surface area (Å²) in [7, 11) is 0. The maximum atomic E-state index is 12.0. The van der Waals surface area contributed by atoms with E-state index in [2.05, 4.69) is 17.2 Å². The van der Waals surface area contributed by atoms with Gasteiger partial charge in [0.15, 0.2) is 0 Å². The summed E-state index contributed by atoms with van der Waals surface area (Å²) in [6.45, 7) is 1.13. The molecule has 1 saturated heterocycles. The summed E-state index contributed by atoms with van der Waals surface area (Å²) >= 11 is 0. The molecule has 0 spiro atoms. The number of amides is 1. The molecule has 0 radical (unpaired) electrons. The van der Waals surface area contributed by atoms with E-state index in [9.17, 15) is 4.79 Å². The molecule has 1 aromatic rings. The summed E-state index contributed by atoms with van der Waals surface area (Å²) in [5.41, 5.74) is 6.92. The van der Waals surface area contributed by atoms with Crippen molar-refractivity contribution >= 4 is 11.6 Å². The molecule has 1 aliphatic heterocycles. The molecule has 0 aliphatic carbocycles. The van der Waals surface area contributed by atoms with Gasteiger partial charge in [0.25, 0.3) is 0 Å². The predicted molar refractivity (Wildman–Crippen MR) is 83.8 cm³/mol. The molecular formula is C17H22N2O2. The number of anilines is 1. The highest BCUT2D eigenvalue weighted by molar-refractivity contribution is 5.92. The highest BCUT2D eigenvalue weighted by Crippen LogP contribution is 2.18. The second kappa shape index (κ2) is 8.46. The van der Waals surface area contributed by atoms with Crippen molar-refractivity contribution in [1.29, 1.82) is 0 Å². The van der Waals surface area contributed by atoms with Crippen LogP contribution in [0.2, 0.25) is 0 Å². The van der Waals surface area contributed by atoms with Crippen LogP contribution >= 0.6 is 0 Å². The van der Waals surface area contributed by atoms with Gasteiger partial charge < -0.3 is 15.8 Å². The average molecular weight is 286 g/mol. The Morgan fingerprint density at radius 3 is 3.00 bits per heavy atom. The van der Waals surface area contributed by atoms with Crippen LogP contribution in [0.3, 0.4) is 0 Å². The molecule has 0 saturated carbocycles. The fourth-order valence-corrected chi connectivity index (χ4v) is 2.39. The molecule has 1 unspecified atom stereocenters. The quantitative estimate of drug-likeness (QED) is 0.835. The second-order valence-electron chi connectivity index (χ2n) is 5.13. The van der Waals surface area contributed by atoms with Crippen molar-refractivity contribution in [3.63, 3.8) is 0 Å². The number of nitrogens with two attached hydrogens (primary N) is 1. The minimum atomic E-state index is 0.00571. The van der Waals surface area contributed by atoms with E-state index in [0.29, 0.717) is 13.0 Å². The van der Waals surface area contributed by atoms with Gasteiger partial charge in [-0.15, -0.1) is 0 Å². The summed E-state index contributed by atoms with van der Waals surface area (Å²) in [6.07, 6.45) is 4.88. The van der Waals surface area contributed by atoms with Gasteiger partial charge in [0.2, 0.25) is 5.91 Å². The molecule has 1 fully saturated rings. The van der Waals surface area contributed by atoms with Crippen LogP contribution in [-0.2, 0) is 9.53 Å². The van der Waals surface area contributed by atoms with Crippen molar-refractivity contribution < 1.29 is 9.53 Å². The third-order valence-corrected chi connectivity index (χ3v) is 3.49. The summed E-state index contributed by atoms with van der Waals surface area (Å²) in [5, 5.41) is 2.92. The molecule has 1 aliphatic rings. The fraction of sp³-hybridized carbons (Fsp3) is 0.471. The minimum Gasteiger partial charge on any atom is -0.378 e. The molecule has 112 valence electrons. The summed E-state index contributed by atoms with van der Waals surface area (Å²) in [4.78, 5) is 12.0. The lowest BCUT2D eigenvalue weighted by Crippen LogP contribution is -2.22. The van der Waals surface area contributed by atoms with E-state index >= 15 is 0 Å². The first-order valence-electron chi connectivity index (χ1n) is 7.49. The lowest BCUT2D eigenvalue weighted by atomic mass is 10.0. The van der Waals surface area contributed by atoms with Crippen molar-refractivity contribution in [1.82, 2.24) is 0 Å². The molecule has 3 N–H and O–H groups in total.